The van der Waals surface area contributed by atoms with E-state index in [0.717, 1.165) is 70.6 Å². The second kappa shape index (κ2) is 37.5. The zero-order valence-electron chi connectivity index (χ0n) is 32.6. The van der Waals surface area contributed by atoms with Crippen LogP contribution >= 0.6 is 7.82 Å². The fraction of sp³-hybridized carbons (Fsp3) is 0.805. The van der Waals surface area contributed by atoms with Crippen LogP contribution in [-0.4, -0.2) is 65.7 Å². The topological polar surface area (TPSA) is 149 Å². The van der Waals surface area contributed by atoms with Crippen LogP contribution in [0.5, 0.6) is 0 Å². The number of phosphoric acid groups is 1. The van der Waals surface area contributed by atoms with Crippen molar-refractivity contribution >= 4 is 19.8 Å². The Morgan fingerprint density at radius 3 is 1.62 bits per heavy atom. The molecule has 0 aromatic rings. The summed E-state index contributed by atoms with van der Waals surface area (Å²) in [5, 5.41) is 18.3. The van der Waals surface area contributed by atoms with Gasteiger partial charge in [-0.3, -0.25) is 18.6 Å². The van der Waals surface area contributed by atoms with Gasteiger partial charge in [-0.2, -0.15) is 0 Å². The molecule has 0 fully saturated rings. The van der Waals surface area contributed by atoms with Gasteiger partial charge in [0.15, 0.2) is 6.10 Å². The number of hydrogen-bond acceptors (Lipinski definition) is 9. The number of aliphatic hydroxyl groups is 2. The maximum absolute atomic E-state index is 12.6. The van der Waals surface area contributed by atoms with Gasteiger partial charge < -0.3 is 24.6 Å². The summed E-state index contributed by atoms with van der Waals surface area (Å²) < 4.78 is 32.6. The molecule has 304 valence electrons. The summed E-state index contributed by atoms with van der Waals surface area (Å²) in [5.41, 5.74) is 0. The highest BCUT2D eigenvalue weighted by molar-refractivity contribution is 7.47. The molecule has 0 rings (SSSR count). The number of esters is 2. The fourth-order valence-corrected chi connectivity index (χ4v) is 6.25. The van der Waals surface area contributed by atoms with Crippen molar-refractivity contribution in [2.24, 2.45) is 0 Å². The molecular formula is C41H75O10P. The van der Waals surface area contributed by atoms with Crippen LogP contribution in [0.1, 0.15) is 174 Å². The molecule has 0 amide bonds. The minimum atomic E-state index is -4.62. The third-order valence-electron chi connectivity index (χ3n) is 8.66. The van der Waals surface area contributed by atoms with Crippen molar-refractivity contribution in [2.45, 2.75) is 186 Å². The van der Waals surface area contributed by atoms with E-state index in [4.69, 9.17) is 19.1 Å². The van der Waals surface area contributed by atoms with Gasteiger partial charge >= 0.3 is 19.8 Å². The van der Waals surface area contributed by atoms with Crippen LogP contribution in [-0.2, 0) is 32.7 Å². The number of rotatable bonds is 39. The molecule has 0 radical (unpaired) electrons. The third-order valence-corrected chi connectivity index (χ3v) is 9.61. The van der Waals surface area contributed by atoms with Gasteiger partial charge in [0.25, 0.3) is 0 Å². The van der Waals surface area contributed by atoms with Crippen molar-refractivity contribution in [3.63, 3.8) is 0 Å². The van der Waals surface area contributed by atoms with Crippen molar-refractivity contribution in [1.29, 1.82) is 0 Å². The summed E-state index contributed by atoms with van der Waals surface area (Å²) in [6, 6.07) is 0. The number of carbonyl (C=O) groups excluding carboxylic acids is 2. The number of hydrogen-bond donors (Lipinski definition) is 3. The van der Waals surface area contributed by atoms with E-state index in [-0.39, 0.29) is 19.4 Å². The van der Waals surface area contributed by atoms with Crippen molar-refractivity contribution < 1.29 is 47.8 Å². The second-order valence-corrected chi connectivity index (χ2v) is 15.2. The summed E-state index contributed by atoms with van der Waals surface area (Å²) in [6.07, 6.45) is 35.7. The van der Waals surface area contributed by atoms with Crippen molar-refractivity contribution in [2.75, 3.05) is 26.4 Å². The van der Waals surface area contributed by atoms with E-state index in [2.05, 4.69) is 42.3 Å². The Kier molecular flexibility index (Phi) is 36.2. The number of aliphatic hydroxyl groups excluding tert-OH is 2. The number of carbonyl (C=O) groups is 2. The molecule has 0 aliphatic carbocycles. The van der Waals surface area contributed by atoms with E-state index in [1.165, 1.54) is 70.6 Å². The molecule has 1 unspecified atom stereocenters. The minimum Gasteiger partial charge on any atom is -0.462 e. The summed E-state index contributed by atoms with van der Waals surface area (Å²) in [5.74, 6) is -0.943. The smallest absolute Gasteiger partial charge is 0.462 e. The number of ether oxygens (including phenoxy) is 2. The van der Waals surface area contributed by atoms with Gasteiger partial charge in [0.2, 0.25) is 0 Å². The van der Waals surface area contributed by atoms with Crippen LogP contribution in [0.4, 0.5) is 0 Å². The predicted molar refractivity (Wildman–Crippen MR) is 210 cm³/mol. The number of unbranched alkanes of at least 4 members (excludes halogenated alkanes) is 20. The van der Waals surface area contributed by atoms with Crippen LogP contribution in [0.2, 0.25) is 0 Å². The lowest BCUT2D eigenvalue weighted by molar-refractivity contribution is -0.161. The normalized spacial score (nSPS) is 14.1. The van der Waals surface area contributed by atoms with E-state index in [1.54, 1.807) is 0 Å². The van der Waals surface area contributed by atoms with Crippen molar-refractivity contribution in [3.05, 3.63) is 37.0 Å². The van der Waals surface area contributed by atoms with Gasteiger partial charge in [0.1, 0.15) is 12.7 Å². The molecule has 11 heteroatoms. The summed E-state index contributed by atoms with van der Waals surface area (Å²) in [6.45, 7) is 3.84. The van der Waals surface area contributed by atoms with Gasteiger partial charge in [-0.25, -0.2) is 4.57 Å². The summed E-state index contributed by atoms with van der Waals surface area (Å²) in [4.78, 5) is 34.9. The van der Waals surface area contributed by atoms with Crippen LogP contribution in [0.3, 0.4) is 0 Å². The first-order chi connectivity index (χ1) is 25.2. The fourth-order valence-electron chi connectivity index (χ4n) is 5.46. The number of allylic oxidation sites excluding steroid dienone is 5. The molecule has 0 aromatic carbocycles. The second-order valence-electron chi connectivity index (χ2n) is 13.7. The van der Waals surface area contributed by atoms with E-state index in [9.17, 15) is 24.2 Å². The van der Waals surface area contributed by atoms with Gasteiger partial charge in [-0.15, -0.1) is 6.58 Å². The Morgan fingerprint density at radius 1 is 0.635 bits per heavy atom. The molecule has 0 saturated heterocycles. The first kappa shape index (κ1) is 50.2. The van der Waals surface area contributed by atoms with Gasteiger partial charge in [-0.05, 0) is 51.4 Å². The lowest BCUT2D eigenvalue weighted by Gasteiger charge is -2.20. The first-order valence-electron chi connectivity index (χ1n) is 20.4. The van der Waals surface area contributed by atoms with Crippen LogP contribution in [0, 0.1) is 0 Å². The van der Waals surface area contributed by atoms with E-state index in [1.807, 2.05) is 6.08 Å². The van der Waals surface area contributed by atoms with Crippen molar-refractivity contribution in [1.82, 2.24) is 0 Å². The SMILES string of the molecule is C=CCCCCCCCCCCCCCCCC(=O)O[C@H](COC(=O)CCCCCCC/C=C/C/C=C/CCCC)COP(=O)(O)OC[C@@H](O)CO. The monoisotopic (exact) mass is 759 g/mol. The Hall–Kier alpha value is -1.81. The lowest BCUT2D eigenvalue weighted by atomic mass is 10.0. The molecule has 3 N–H and O–H groups in total. The van der Waals surface area contributed by atoms with Crippen molar-refractivity contribution in [3.8, 4) is 0 Å². The molecule has 52 heavy (non-hydrogen) atoms. The Morgan fingerprint density at radius 2 is 1.10 bits per heavy atom. The van der Waals surface area contributed by atoms with Crippen LogP contribution < -0.4 is 0 Å². The van der Waals surface area contributed by atoms with Gasteiger partial charge in [-0.1, -0.05) is 140 Å². The Labute approximate surface area is 316 Å². The quantitative estimate of drug-likeness (QED) is 0.0239. The Balaban J connectivity index is 4.33. The molecule has 0 spiro atoms. The molecule has 0 aliphatic heterocycles. The predicted octanol–water partition coefficient (Wildman–Crippen LogP) is 10.4. The summed E-state index contributed by atoms with van der Waals surface area (Å²) in [7, 11) is -4.62. The van der Waals surface area contributed by atoms with E-state index < -0.39 is 51.8 Å². The first-order valence-corrected chi connectivity index (χ1v) is 21.9. The van der Waals surface area contributed by atoms with E-state index in [0.29, 0.717) is 12.8 Å². The number of phosphoric ester groups is 1. The summed E-state index contributed by atoms with van der Waals surface area (Å²) >= 11 is 0. The molecular weight excluding hydrogens is 683 g/mol. The molecule has 0 aromatic heterocycles. The molecule has 0 aliphatic rings. The largest absolute Gasteiger partial charge is 0.472 e. The maximum atomic E-state index is 12.6. The average molecular weight is 759 g/mol. The molecule has 0 bridgehead atoms. The van der Waals surface area contributed by atoms with Gasteiger partial charge in [0.05, 0.1) is 19.8 Å². The molecule has 0 saturated carbocycles. The Bertz CT molecular complexity index is 954. The lowest BCUT2D eigenvalue weighted by Crippen LogP contribution is -2.29. The zero-order valence-corrected chi connectivity index (χ0v) is 33.5. The molecule has 10 nitrogen and oxygen atoms in total. The maximum Gasteiger partial charge on any atom is 0.472 e. The molecule has 3 atom stereocenters. The highest BCUT2D eigenvalue weighted by Gasteiger charge is 2.27. The highest BCUT2D eigenvalue weighted by atomic mass is 31.2. The van der Waals surface area contributed by atoms with Gasteiger partial charge in [0, 0.05) is 12.8 Å². The highest BCUT2D eigenvalue weighted by Crippen LogP contribution is 2.43. The average Bonchev–Trinajstić information content (AvgIpc) is 3.13. The van der Waals surface area contributed by atoms with Crippen LogP contribution in [0.15, 0.2) is 37.0 Å². The minimum absolute atomic E-state index is 0.180. The zero-order chi connectivity index (χ0) is 38.4. The molecule has 0 heterocycles. The van der Waals surface area contributed by atoms with Crippen LogP contribution in [0.25, 0.3) is 0 Å². The standard InChI is InChI=1S/C41H75O10P/c1-3-5-7-9-11-13-15-17-19-21-23-25-27-29-31-33-41(45)51-39(37-50-52(46,47)49-35-38(43)34-42)36-48-40(44)32-30-28-26-24-22-20-18-16-14-12-10-8-6-4-2/h3,10,12,16,18,38-39,42-43H,1,4-9,11,13-15,17,19-37H2,2H3,(H,46,47)/b12-10+,18-16+/t38-,39+/m0/s1. The third kappa shape index (κ3) is 36.5. The van der Waals surface area contributed by atoms with E-state index >= 15 is 0 Å².